The van der Waals surface area contributed by atoms with Gasteiger partial charge < -0.3 is 9.47 Å². The molecule has 1 spiro atoms. The van der Waals surface area contributed by atoms with Gasteiger partial charge >= 0.3 is 5.97 Å². The maximum absolute atomic E-state index is 12.4. The van der Waals surface area contributed by atoms with E-state index >= 15 is 0 Å². The first-order chi connectivity index (χ1) is 9.53. The van der Waals surface area contributed by atoms with Gasteiger partial charge in [0.05, 0.1) is 6.10 Å². The third-order valence-corrected chi connectivity index (χ3v) is 5.92. The highest BCUT2D eigenvalue weighted by Crippen LogP contribution is 2.57. The highest BCUT2D eigenvalue weighted by atomic mass is 16.6. The van der Waals surface area contributed by atoms with E-state index in [0.717, 1.165) is 32.1 Å². The minimum Gasteiger partial charge on any atom is -0.459 e. The van der Waals surface area contributed by atoms with E-state index in [1.165, 1.54) is 11.1 Å². The van der Waals surface area contributed by atoms with Crippen LogP contribution < -0.4 is 0 Å². The lowest BCUT2D eigenvalue weighted by Crippen LogP contribution is -2.57. The van der Waals surface area contributed by atoms with Crippen molar-refractivity contribution in [3.8, 4) is 0 Å². The van der Waals surface area contributed by atoms with Crippen LogP contribution in [0.3, 0.4) is 0 Å². The van der Waals surface area contributed by atoms with E-state index in [4.69, 9.17) is 9.47 Å². The van der Waals surface area contributed by atoms with Crippen molar-refractivity contribution in [2.45, 2.75) is 56.8 Å². The van der Waals surface area contributed by atoms with Gasteiger partial charge in [-0.15, -0.1) is 0 Å². The standard InChI is InChI=1S/C17H22O3/c1-9-5-7-13-15(14-10(2)4-6-12(9)14)19-16(18)17(13)8-11(3)20-17/h11-15H,1-2,4-8H2,3H3/t11-,12+,13-,14+,15+,17+/m1/s1. The molecule has 0 N–H and O–H groups in total. The van der Waals surface area contributed by atoms with Crippen molar-refractivity contribution in [1.82, 2.24) is 0 Å². The Balaban J connectivity index is 1.72. The van der Waals surface area contributed by atoms with E-state index in [0.29, 0.717) is 5.92 Å². The third kappa shape index (κ3) is 1.42. The van der Waals surface area contributed by atoms with Crippen molar-refractivity contribution in [3.63, 3.8) is 0 Å². The highest BCUT2D eigenvalue weighted by Gasteiger charge is 2.66. The van der Waals surface area contributed by atoms with Crippen LogP contribution in [-0.4, -0.2) is 23.8 Å². The fourth-order valence-electron chi connectivity index (χ4n) is 5.01. The predicted octanol–water partition coefficient (Wildman–Crippen LogP) is 3.01. The molecule has 4 aliphatic rings. The number of fused-ring (bicyclic) bond motifs is 4. The van der Waals surface area contributed by atoms with Crippen LogP contribution in [-0.2, 0) is 14.3 Å². The van der Waals surface area contributed by atoms with Gasteiger partial charge in [-0.05, 0) is 38.5 Å². The van der Waals surface area contributed by atoms with Crippen LogP contribution >= 0.6 is 0 Å². The van der Waals surface area contributed by atoms with Crippen LogP contribution in [0.4, 0.5) is 0 Å². The summed E-state index contributed by atoms with van der Waals surface area (Å²) in [6, 6.07) is 0. The number of hydrogen-bond acceptors (Lipinski definition) is 3. The number of carbonyl (C=O) groups is 1. The van der Waals surface area contributed by atoms with Crippen LogP contribution in [0.5, 0.6) is 0 Å². The summed E-state index contributed by atoms with van der Waals surface area (Å²) in [5.41, 5.74) is 1.91. The molecule has 0 amide bonds. The number of allylic oxidation sites excluding steroid dienone is 1. The summed E-state index contributed by atoms with van der Waals surface area (Å²) in [7, 11) is 0. The molecule has 0 radical (unpaired) electrons. The van der Waals surface area contributed by atoms with Crippen LogP contribution in [0.2, 0.25) is 0 Å². The summed E-state index contributed by atoms with van der Waals surface area (Å²) >= 11 is 0. The molecule has 0 unspecified atom stereocenters. The van der Waals surface area contributed by atoms with E-state index in [9.17, 15) is 4.79 Å². The van der Waals surface area contributed by atoms with Crippen molar-refractivity contribution in [3.05, 3.63) is 24.3 Å². The second kappa shape index (κ2) is 3.97. The maximum Gasteiger partial charge on any atom is 0.339 e. The molecule has 0 aromatic carbocycles. The van der Waals surface area contributed by atoms with Crippen molar-refractivity contribution >= 4 is 5.97 Å². The summed E-state index contributed by atoms with van der Waals surface area (Å²) in [4.78, 5) is 12.4. The zero-order chi connectivity index (χ0) is 14.1. The molecule has 3 nitrogen and oxygen atoms in total. The summed E-state index contributed by atoms with van der Waals surface area (Å²) in [5, 5.41) is 0. The minimum atomic E-state index is -0.651. The fourth-order valence-corrected chi connectivity index (χ4v) is 5.01. The zero-order valence-electron chi connectivity index (χ0n) is 12.1. The topological polar surface area (TPSA) is 35.5 Å². The number of carbonyl (C=O) groups excluding carboxylic acids is 1. The molecule has 2 saturated heterocycles. The summed E-state index contributed by atoms with van der Waals surface area (Å²) < 4.78 is 11.7. The van der Waals surface area contributed by atoms with Crippen molar-refractivity contribution in [1.29, 1.82) is 0 Å². The molecule has 4 rings (SSSR count). The Morgan fingerprint density at radius 2 is 1.90 bits per heavy atom. The first-order valence-corrected chi connectivity index (χ1v) is 7.77. The predicted molar refractivity (Wildman–Crippen MR) is 75.0 cm³/mol. The second-order valence-corrected chi connectivity index (χ2v) is 7.02. The molecule has 3 heteroatoms. The Labute approximate surface area is 120 Å². The molecule has 0 aromatic heterocycles. The molecule has 0 aromatic rings. The summed E-state index contributed by atoms with van der Waals surface area (Å²) in [6.45, 7) is 10.5. The molecule has 20 heavy (non-hydrogen) atoms. The Kier molecular flexibility index (Phi) is 2.51. The molecular formula is C17H22O3. The van der Waals surface area contributed by atoms with Crippen LogP contribution in [0.25, 0.3) is 0 Å². The largest absolute Gasteiger partial charge is 0.459 e. The quantitative estimate of drug-likeness (QED) is 0.503. The minimum absolute atomic E-state index is 0.0331. The van der Waals surface area contributed by atoms with Crippen molar-refractivity contribution in [2.75, 3.05) is 0 Å². The monoisotopic (exact) mass is 274 g/mol. The molecule has 108 valence electrons. The Morgan fingerprint density at radius 1 is 1.20 bits per heavy atom. The van der Waals surface area contributed by atoms with E-state index in [1.807, 2.05) is 6.92 Å². The normalized spacial score (nSPS) is 50.5. The Morgan fingerprint density at radius 3 is 2.60 bits per heavy atom. The van der Waals surface area contributed by atoms with Gasteiger partial charge in [0.15, 0.2) is 5.60 Å². The van der Waals surface area contributed by atoms with Gasteiger partial charge in [0, 0.05) is 18.3 Å². The molecule has 6 atom stereocenters. The molecule has 2 heterocycles. The number of hydrogen-bond donors (Lipinski definition) is 0. The average Bonchev–Trinajstić information content (AvgIpc) is 2.82. The van der Waals surface area contributed by atoms with Crippen LogP contribution in [0, 0.1) is 17.8 Å². The van der Waals surface area contributed by atoms with E-state index in [1.54, 1.807) is 0 Å². The summed E-state index contributed by atoms with van der Waals surface area (Å²) in [5.74, 6) is 0.792. The average molecular weight is 274 g/mol. The van der Waals surface area contributed by atoms with Gasteiger partial charge in [0.2, 0.25) is 0 Å². The molecule has 4 fully saturated rings. The van der Waals surface area contributed by atoms with Crippen molar-refractivity contribution in [2.24, 2.45) is 17.8 Å². The van der Waals surface area contributed by atoms with Gasteiger partial charge in [-0.1, -0.05) is 24.3 Å². The SMILES string of the molecule is C=C1CC[C@H]2C(=C)CC[C@@H]3[C@H](OC(=O)[C@]34C[C@@H](C)O4)[C@@H]12. The smallest absolute Gasteiger partial charge is 0.339 e. The Hall–Kier alpha value is -1.09. The lowest BCUT2D eigenvalue weighted by atomic mass is 9.73. The van der Waals surface area contributed by atoms with E-state index < -0.39 is 5.60 Å². The number of ether oxygens (including phenoxy) is 2. The van der Waals surface area contributed by atoms with Crippen LogP contribution in [0.1, 0.15) is 39.0 Å². The van der Waals surface area contributed by atoms with Gasteiger partial charge in [-0.3, -0.25) is 0 Å². The fraction of sp³-hybridized carbons (Fsp3) is 0.706. The number of rotatable bonds is 0. The maximum atomic E-state index is 12.4. The van der Waals surface area contributed by atoms with Gasteiger partial charge in [-0.2, -0.15) is 0 Å². The lowest BCUT2D eigenvalue weighted by molar-refractivity contribution is -0.217. The van der Waals surface area contributed by atoms with Gasteiger partial charge in [-0.25, -0.2) is 4.79 Å². The Bertz CT molecular complexity index is 500. The molecule has 2 aliphatic heterocycles. The lowest BCUT2D eigenvalue weighted by Gasteiger charge is -2.44. The first-order valence-electron chi connectivity index (χ1n) is 7.77. The third-order valence-electron chi connectivity index (χ3n) is 5.92. The van der Waals surface area contributed by atoms with Gasteiger partial charge in [0.1, 0.15) is 6.10 Å². The summed E-state index contributed by atoms with van der Waals surface area (Å²) in [6.07, 6.45) is 5.06. The highest BCUT2D eigenvalue weighted by molar-refractivity contribution is 5.84. The zero-order valence-corrected chi connectivity index (χ0v) is 12.1. The first kappa shape index (κ1) is 12.6. The van der Waals surface area contributed by atoms with Gasteiger partial charge in [0.25, 0.3) is 0 Å². The van der Waals surface area contributed by atoms with E-state index in [2.05, 4.69) is 13.2 Å². The molecular weight excluding hydrogens is 252 g/mol. The second-order valence-electron chi connectivity index (χ2n) is 7.02. The van der Waals surface area contributed by atoms with Crippen molar-refractivity contribution < 1.29 is 14.3 Å². The molecule has 2 aliphatic carbocycles. The molecule has 0 bridgehead atoms. The molecule has 2 saturated carbocycles. The number of esters is 1. The van der Waals surface area contributed by atoms with Crippen LogP contribution in [0.15, 0.2) is 24.3 Å². The van der Waals surface area contributed by atoms with E-state index in [-0.39, 0.29) is 30.0 Å².